The van der Waals surface area contributed by atoms with E-state index in [-0.39, 0.29) is 30.3 Å². The number of amides is 2. The lowest BCUT2D eigenvalue weighted by Gasteiger charge is -2.32. The van der Waals surface area contributed by atoms with E-state index in [4.69, 9.17) is 10.5 Å². The lowest BCUT2D eigenvalue weighted by Crippen LogP contribution is -2.41. The van der Waals surface area contributed by atoms with E-state index in [1.54, 1.807) is 12.1 Å². The molecule has 1 heterocycles. The fraction of sp³-hybridized carbons (Fsp3) is 0.579. The number of rotatable bonds is 9. The van der Waals surface area contributed by atoms with Gasteiger partial charge >= 0.3 is 0 Å². The average Bonchev–Trinajstić information content (AvgIpc) is 2.66. The van der Waals surface area contributed by atoms with Gasteiger partial charge in [-0.3, -0.25) is 9.59 Å². The van der Waals surface area contributed by atoms with Crippen LogP contribution in [0.15, 0.2) is 30.3 Å². The predicted molar refractivity (Wildman–Crippen MR) is 104 cm³/mol. The highest BCUT2D eigenvalue weighted by atomic mass is 35.5. The summed E-state index contributed by atoms with van der Waals surface area (Å²) in [6, 6.07) is 9.10. The Morgan fingerprint density at radius 3 is 2.50 bits per heavy atom. The highest BCUT2D eigenvalue weighted by molar-refractivity contribution is 5.94. The molecule has 0 atom stereocenters. The van der Waals surface area contributed by atoms with Crippen molar-refractivity contribution in [2.24, 2.45) is 5.73 Å². The minimum Gasteiger partial charge on any atom is -0.378 e. The number of likely N-dealkylation sites (tertiary alicyclic amines) is 1. The minimum absolute atomic E-state index is 0. The van der Waals surface area contributed by atoms with Crippen molar-refractivity contribution in [1.29, 1.82) is 0 Å². The first kappa shape index (κ1) is 22.4. The van der Waals surface area contributed by atoms with Gasteiger partial charge in [0.1, 0.15) is 0 Å². The third-order valence-electron chi connectivity index (χ3n) is 4.39. The largest absolute Gasteiger partial charge is 0.378 e. The number of carbonyl (C=O) groups excluding carboxylic acids is 2. The number of carbonyl (C=O) groups is 2. The molecule has 3 N–H and O–H groups in total. The van der Waals surface area contributed by atoms with Crippen LogP contribution in [0, 0.1) is 0 Å². The summed E-state index contributed by atoms with van der Waals surface area (Å²) < 4.78 is 5.75. The van der Waals surface area contributed by atoms with Crippen molar-refractivity contribution in [3.05, 3.63) is 35.9 Å². The van der Waals surface area contributed by atoms with E-state index in [0.29, 0.717) is 38.1 Å². The third-order valence-corrected chi connectivity index (χ3v) is 4.39. The van der Waals surface area contributed by atoms with E-state index in [0.717, 1.165) is 32.4 Å². The molecule has 0 aliphatic carbocycles. The van der Waals surface area contributed by atoms with Crippen molar-refractivity contribution in [1.82, 2.24) is 10.2 Å². The van der Waals surface area contributed by atoms with E-state index in [1.807, 2.05) is 23.1 Å². The quantitative estimate of drug-likeness (QED) is 0.638. The molecule has 0 spiro atoms. The Hall–Kier alpha value is -1.63. The Balaban J connectivity index is 0.00000338. The molecule has 146 valence electrons. The number of nitrogens with one attached hydrogen (secondary N) is 1. The summed E-state index contributed by atoms with van der Waals surface area (Å²) >= 11 is 0. The number of hydrogen-bond donors (Lipinski definition) is 2. The van der Waals surface area contributed by atoms with Crippen LogP contribution in [-0.2, 0) is 9.53 Å². The van der Waals surface area contributed by atoms with Crippen LogP contribution in [0.4, 0.5) is 0 Å². The lowest BCUT2D eigenvalue weighted by molar-refractivity contribution is -0.133. The predicted octanol–water partition coefficient (Wildman–Crippen LogP) is 1.97. The highest BCUT2D eigenvalue weighted by Crippen LogP contribution is 2.15. The lowest BCUT2D eigenvalue weighted by atomic mass is 10.1. The van der Waals surface area contributed by atoms with Crippen LogP contribution in [-0.4, -0.2) is 55.6 Å². The molecule has 1 aliphatic heterocycles. The first-order chi connectivity index (χ1) is 12.2. The summed E-state index contributed by atoms with van der Waals surface area (Å²) in [6.45, 7) is 3.37. The molecule has 1 fully saturated rings. The summed E-state index contributed by atoms with van der Waals surface area (Å²) in [6.07, 6.45) is 4.04. The molecule has 7 heteroatoms. The SMILES string of the molecule is Cl.NCCCOC1CCN(C(=O)CCCNC(=O)c2ccccc2)CC1. The van der Waals surface area contributed by atoms with Crippen LogP contribution in [0.25, 0.3) is 0 Å². The van der Waals surface area contributed by atoms with Crippen LogP contribution >= 0.6 is 12.4 Å². The second-order valence-electron chi connectivity index (χ2n) is 6.32. The van der Waals surface area contributed by atoms with E-state index in [1.165, 1.54) is 0 Å². The number of benzene rings is 1. The van der Waals surface area contributed by atoms with Gasteiger partial charge in [0.15, 0.2) is 0 Å². The molecule has 0 bridgehead atoms. The van der Waals surface area contributed by atoms with Crippen LogP contribution in [0.3, 0.4) is 0 Å². The molecule has 0 radical (unpaired) electrons. The Labute approximate surface area is 161 Å². The molecule has 2 amide bonds. The molecule has 1 aromatic rings. The Bertz CT molecular complexity index is 534. The van der Waals surface area contributed by atoms with Gasteiger partial charge in [0.25, 0.3) is 5.91 Å². The summed E-state index contributed by atoms with van der Waals surface area (Å²) in [4.78, 5) is 26.0. The van der Waals surface area contributed by atoms with Crippen LogP contribution in [0.1, 0.15) is 42.5 Å². The first-order valence-electron chi connectivity index (χ1n) is 9.13. The molecule has 1 aliphatic rings. The van der Waals surface area contributed by atoms with Crippen LogP contribution < -0.4 is 11.1 Å². The maximum atomic E-state index is 12.2. The molecule has 0 aromatic heterocycles. The van der Waals surface area contributed by atoms with Crippen molar-refractivity contribution < 1.29 is 14.3 Å². The molecule has 2 rings (SSSR count). The van der Waals surface area contributed by atoms with Gasteiger partial charge in [-0.15, -0.1) is 12.4 Å². The maximum Gasteiger partial charge on any atom is 0.251 e. The van der Waals surface area contributed by atoms with Gasteiger partial charge in [0, 0.05) is 38.2 Å². The Kier molecular flexibility index (Phi) is 10.9. The number of nitrogens with two attached hydrogens (primary N) is 1. The van der Waals surface area contributed by atoms with Gasteiger partial charge < -0.3 is 20.7 Å². The van der Waals surface area contributed by atoms with Crippen molar-refractivity contribution in [3.63, 3.8) is 0 Å². The van der Waals surface area contributed by atoms with Gasteiger partial charge in [0.2, 0.25) is 5.91 Å². The fourth-order valence-corrected chi connectivity index (χ4v) is 2.90. The summed E-state index contributed by atoms with van der Waals surface area (Å²) in [5.41, 5.74) is 6.10. The average molecular weight is 384 g/mol. The van der Waals surface area contributed by atoms with Crippen molar-refractivity contribution in [2.45, 2.75) is 38.2 Å². The van der Waals surface area contributed by atoms with Crippen molar-refractivity contribution in [2.75, 3.05) is 32.8 Å². The zero-order valence-electron chi connectivity index (χ0n) is 15.2. The fourth-order valence-electron chi connectivity index (χ4n) is 2.90. The number of halogens is 1. The highest BCUT2D eigenvalue weighted by Gasteiger charge is 2.22. The molecule has 1 aromatic carbocycles. The van der Waals surface area contributed by atoms with E-state index in [9.17, 15) is 9.59 Å². The molecular formula is C19H30ClN3O3. The number of nitrogens with zero attached hydrogens (tertiary/aromatic N) is 1. The van der Waals surface area contributed by atoms with Gasteiger partial charge in [-0.05, 0) is 44.4 Å². The monoisotopic (exact) mass is 383 g/mol. The summed E-state index contributed by atoms with van der Waals surface area (Å²) in [7, 11) is 0. The number of ether oxygens (including phenoxy) is 1. The van der Waals surface area contributed by atoms with Crippen molar-refractivity contribution >= 4 is 24.2 Å². The maximum absolute atomic E-state index is 12.2. The minimum atomic E-state index is -0.0940. The van der Waals surface area contributed by atoms with Crippen LogP contribution in [0.2, 0.25) is 0 Å². The van der Waals surface area contributed by atoms with Gasteiger partial charge in [-0.25, -0.2) is 0 Å². The number of hydrogen-bond acceptors (Lipinski definition) is 4. The van der Waals surface area contributed by atoms with Gasteiger partial charge in [0.05, 0.1) is 6.10 Å². The zero-order chi connectivity index (χ0) is 17.9. The second kappa shape index (κ2) is 12.7. The second-order valence-corrected chi connectivity index (χ2v) is 6.32. The molecule has 6 nitrogen and oxygen atoms in total. The van der Waals surface area contributed by atoms with Crippen molar-refractivity contribution in [3.8, 4) is 0 Å². The standard InChI is InChI=1S/C19H29N3O3.ClH/c20-11-5-15-25-17-9-13-22(14-10-17)18(23)8-4-12-21-19(24)16-6-2-1-3-7-16;/h1-3,6-7,17H,4-5,8-15,20H2,(H,21,24);1H. The van der Waals surface area contributed by atoms with E-state index in [2.05, 4.69) is 5.32 Å². The molecule has 0 saturated carbocycles. The molecule has 1 saturated heterocycles. The number of piperidine rings is 1. The molecule has 26 heavy (non-hydrogen) atoms. The summed E-state index contributed by atoms with van der Waals surface area (Å²) in [5.74, 6) is 0.0675. The van der Waals surface area contributed by atoms with Gasteiger partial charge in [-0.1, -0.05) is 18.2 Å². The Morgan fingerprint density at radius 2 is 1.85 bits per heavy atom. The topological polar surface area (TPSA) is 84.7 Å². The van der Waals surface area contributed by atoms with Gasteiger partial charge in [-0.2, -0.15) is 0 Å². The molecular weight excluding hydrogens is 354 g/mol. The smallest absolute Gasteiger partial charge is 0.251 e. The summed E-state index contributed by atoms with van der Waals surface area (Å²) in [5, 5.41) is 2.85. The van der Waals surface area contributed by atoms with E-state index < -0.39 is 0 Å². The molecule has 0 unspecified atom stereocenters. The van der Waals surface area contributed by atoms with E-state index >= 15 is 0 Å². The normalized spacial score (nSPS) is 14.6. The third kappa shape index (κ3) is 7.72. The first-order valence-corrected chi connectivity index (χ1v) is 9.13. The van der Waals surface area contributed by atoms with Crippen LogP contribution in [0.5, 0.6) is 0 Å². The Morgan fingerprint density at radius 1 is 1.15 bits per heavy atom. The zero-order valence-corrected chi connectivity index (χ0v) is 16.0.